The molecule has 10 heavy (non-hydrogen) atoms. The fourth-order valence-electron chi connectivity index (χ4n) is 1.17. The predicted molar refractivity (Wildman–Crippen MR) is 52.4 cm³/mol. The molecule has 0 aromatic heterocycles. The van der Waals surface area contributed by atoms with Gasteiger partial charge >= 0.3 is 0 Å². The molecule has 0 aliphatic carbocycles. The van der Waals surface area contributed by atoms with Gasteiger partial charge in [-0.15, -0.1) is 0 Å². The van der Waals surface area contributed by atoms with Crippen molar-refractivity contribution in [3.63, 3.8) is 0 Å². The van der Waals surface area contributed by atoms with Crippen molar-refractivity contribution in [2.24, 2.45) is 5.41 Å². The van der Waals surface area contributed by atoms with Gasteiger partial charge in [0.1, 0.15) is 0 Å². The van der Waals surface area contributed by atoms with Crippen LogP contribution in [0.25, 0.3) is 0 Å². The molecule has 1 unspecified atom stereocenters. The van der Waals surface area contributed by atoms with E-state index in [1.165, 1.54) is 0 Å². The molecule has 0 fully saturated rings. The van der Waals surface area contributed by atoms with E-state index in [4.69, 9.17) is 22.2 Å². The Balaban J connectivity index is 4.07. The van der Waals surface area contributed by atoms with E-state index >= 15 is 0 Å². The molecule has 3 heteroatoms. The van der Waals surface area contributed by atoms with Crippen LogP contribution in [-0.4, -0.2) is 7.42 Å². The molecule has 0 amide bonds. The zero-order valence-electron chi connectivity index (χ0n) is 7.12. The molecule has 0 bridgehead atoms. The molecule has 0 aromatic carbocycles. The molecule has 0 aliphatic rings. The minimum Gasteiger partial charge on any atom is -0.150 e. The van der Waals surface area contributed by atoms with Crippen LogP contribution in [0.1, 0.15) is 34.1 Å². The summed E-state index contributed by atoms with van der Waals surface area (Å²) < 4.78 is 0. The van der Waals surface area contributed by atoms with Gasteiger partial charge in [0.05, 0.1) is 0 Å². The largest absolute Gasteiger partial charge is 0.240 e. The van der Waals surface area contributed by atoms with Crippen molar-refractivity contribution in [2.75, 3.05) is 0 Å². The third kappa shape index (κ3) is 3.27. The van der Waals surface area contributed by atoms with Gasteiger partial charge in [0.15, 0.2) is 0 Å². The maximum atomic E-state index is 5.93. The summed E-state index contributed by atoms with van der Waals surface area (Å²) in [6.45, 7) is 8.75. The molecule has 0 nitrogen and oxygen atoms in total. The van der Waals surface area contributed by atoms with Crippen molar-refractivity contribution in [1.29, 1.82) is 0 Å². The van der Waals surface area contributed by atoms with Crippen LogP contribution in [0.15, 0.2) is 0 Å². The highest BCUT2D eigenvalue weighted by Gasteiger charge is 2.29. The van der Waals surface area contributed by atoms with Crippen LogP contribution >= 0.6 is 22.2 Å². The second-order valence-electron chi connectivity index (χ2n) is 3.72. The van der Waals surface area contributed by atoms with Crippen molar-refractivity contribution in [2.45, 2.75) is 39.7 Å². The van der Waals surface area contributed by atoms with Crippen molar-refractivity contribution >= 4 is 29.6 Å². The standard InChI is InChI=1S/C7H16Cl2Si/c1-5-6(10(8)9)7(2,3)4/h6,10H,5H2,1-4H3. The highest BCUT2D eigenvalue weighted by molar-refractivity contribution is 7.34. The first-order valence-corrected chi connectivity index (χ1v) is 7.83. The SMILES string of the molecule is CCC([SiH](Cl)Cl)C(C)(C)C. The quantitative estimate of drug-likeness (QED) is 0.471. The van der Waals surface area contributed by atoms with E-state index in [1.54, 1.807) is 0 Å². The van der Waals surface area contributed by atoms with Crippen LogP contribution in [0.5, 0.6) is 0 Å². The predicted octanol–water partition coefficient (Wildman–Crippen LogP) is 3.51. The molecule has 0 spiro atoms. The van der Waals surface area contributed by atoms with Crippen molar-refractivity contribution in [3.8, 4) is 0 Å². The van der Waals surface area contributed by atoms with Gasteiger partial charge in [-0.05, 0) is 11.0 Å². The normalized spacial score (nSPS) is 15.9. The molecule has 0 aliphatic heterocycles. The Hall–Kier alpha value is 0.797. The smallest absolute Gasteiger partial charge is 0.150 e. The summed E-state index contributed by atoms with van der Waals surface area (Å²) in [6.07, 6.45) is 1.10. The fourth-order valence-corrected chi connectivity index (χ4v) is 5.62. The fraction of sp³-hybridized carbons (Fsp3) is 1.00. The maximum absolute atomic E-state index is 5.93. The van der Waals surface area contributed by atoms with E-state index in [0.29, 0.717) is 5.54 Å². The average Bonchev–Trinajstić information content (AvgIpc) is 1.60. The van der Waals surface area contributed by atoms with E-state index in [0.717, 1.165) is 6.42 Å². The lowest BCUT2D eigenvalue weighted by Crippen LogP contribution is -2.22. The summed E-state index contributed by atoms with van der Waals surface area (Å²) in [5, 5.41) is 0. The van der Waals surface area contributed by atoms with Crippen LogP contribution in [0.2, 0.25) is 5.54 Å². The van der Waals surface area contributed by atoms with Gasteiger partial charge in [-0.3, -0.25) is 0 Å². The summed E-state index contributed by atoms with van der Waals surface area (Å²) in [5.41, 5.74) is 0.825. The van der Waals surface area contributed by atoms with Crippen LogP contribution < -0.4 is 0 Å². The van der Waals surface area contributed by atoms with Gasteiger partial charge < -0.3 is 0 Å². The molecule has 62 valence electrons. The Morgan fingerprint density at radius 1 is 1.30 bits per heavy atom. The van der Waals surface area contributed by atoms with Gasteiger partial charge in [-0.1, -0.05) is 34.1 Å². The van der Waals surface area contributed by atoms with E-state index in [2.05, 4.69) is 27.7 Å². The molecule has 0 rings (SSSR count). The van der Waals surface area contributed by atoms with E-state index in [9.17, 15) is 0 Å². The molecule has 0 saturated heterocycles. The highest BCUT2D eigenvalue weighted by Crippen LogP contribution is 2.38. The van der Waals surface area contributed by atoms with Crippen molar-refractivity contribution in [3.05, 3.63) is 0 Å². The second-order valence-corrected chi connectivity index (χ2v) is 8.68. The van der Waals surface area contributed by atoms with Crippen LogP contribution in [0, 0.1) is 5.41 Å². The Bertz CT molecular complexity index is 96.3. The van der Waals surface area contributed by atoms with E-state index in [1.807, 2.05) is 0 Å². The highest BCUT2D eigenvalue weighted by atomic mass is 35.7. The molecular formula is C7H16Cl2Si. The number of hydrogen-bond acceptors (Lipinski definition) is 0. The number of rotatable bonds is 2. The minimum atomic E-state index is -1.47. The van der Waals surface area contributed by atoms with Crippen LogP contribution in [0.3, 0.4) is 0 Å². The first-order chi connectivity index (χ1) is 4.39. The zero-order chi connectivity index (χ0) is 8.36. The zero-order valence-corrected chi connectivity index (χ0v) is 9.78. The Morgan fingerprint density at radius 3 is 1.70 bits per heavy atom. The van der Waals surface area contributed by atoms with Gasteiger partial charge in [0.25, 0.3) is 0 Å². The maximum Gasteiger partial charge on any atom is 0.240 e. The Kier molecular flexibility index (Phi) is 4.30. The van der Waals surface area contributed by atoms with E-state index < -0.39 is 7.42 Å². The van der Waals surface area contributed by atoms with Gasteiger partial charge in [0.2, 0.25) is 7.42 Å². The lowest BCUT2D eigenvalue weighted by molar-refractivity contribution is 0.371. The first kappa shape index (κ1) is 10.8. The summed E-state index contributed by atoms with van der Waals surface area (Å²) in [5.74, 6) is 0. The molecule has 0 saturated carbocycles. The van der Waals surface area contributed by atoms with Crippen LogP contribution in [-0.2, 0) is 0 Å². The number of halogens is 2. The molecule has 1 atom stereocenters. The lowest BCUT2D eigenvalue weighted by Gasteiger charge is -2.29. The molecule has 0 N–H and O–H groups in total. The van der Waals surface area contributed by atoms with Crippen LogP contribution in [0.4, 0.5) is 0 Å². The van der Waals surface area contributed by atoms with Gasteiger partial charge in [-0.25, -0.2) is 0 Å². The topological polar surface area (TPSA) is 0 Å². The van der Waals surface area contributed by atoms with Gasteiger partial charge in [0, 0.05) is 0 Å². The van der Waals surface area contributed by atoms with E-state index in [-0.39, 0.29) is 5.41 Å². The van der Waals surface area contributed by atoms with Crippen molar-refractivity contribution < 1.29 is 0 Å². The Morgan fingerprint density at radius 2 is 1.70 bits per heavy atom. The third-order valence-corrected chi connectivity index (χ3v) is 5.76. The average molecular weight is 199 g/mol. The molecule has 0 radical (unpaired) electrons. The molecule has 0 heterocycles. The monoisotopic (exact) mass is 198 g/mol. The first-order valence-electron chi connectivity index (χ1n) is 3.67. The second kappa shape index (κ2) is 3.98. The summed E-state index contributed by atoms with van der Waals surface area (Å²) >= 11 is 11.9. The third-order valence-electron chi connectivity index (χ3n) is 1.86. The van der Waals surface area contributed by atoms with Crippen molar-refractivity contribution in [1.82, 2.24) is 0 Å². The summed E-state index contributed by atoms with van der Waals surface area (Å²) in [4.78, 5) is 0. The Labute approximate surface area is 74.9 Å². The summed E-state index contributed by atoms with van der Waals surface area (Å²) in [7, 11) is -1.47. The number of hydrogen-bond donors (Lipinski definition) is 0. The van der Waals surface area contributed by atoms with Gasteiger partial charge in [-0.2, -0.15) is 22.2 Å². The molecular weight excluding hydrogens is 183 g/mol. The minimum absolute atomic E-state index is 0.287. The molecule has 0 aromatic rings. The summed E-state index contributed by atoms with van der Waals surface area (Å²) in [6, 6.07) is 0. The lowest BCUT2D eigenvalue weighted by atomic mass is 9.90.